The molecule has 15 heavy (non-hydrogen) atoms. The van der Waals surface area contributed by atoms with Crippen LogP contribution in [-0.2, 0) is 0 Å². The summed E-state index contributed by atoms with van der Waals surface area (Å²) in [5.41, 5.74) is 0. The minimum atomic E-state index is 1.37. The predicted molar refractivity (Wildman–Crippen MR) is 75.4 cm³/mol. The van der Waals surface area contributed by atoms with Crippen LogP contribution in [-0.4, -0.2) is 0 Å². The van der Waals surface area contributed by atoms with Crippen LogP contribution >= 0.6 is 0 Å². The first-order valence-electron chi connectivity index (χ1n) is 6.41. The van der Waals surface area contributed by atoms with Gasteiger partial charge in [0.25, 0.3) is 0 Å². The first-order chi connectivity index (χ1) is 7.41. The van der Waals surface area contributed by atoms with Gasteiger partial charge in [0.15, 0.2) is 0 Å². The van der Waals surface area contributed by atoms with Gasteiger partial charge in [-0.25, -0.2) is 0 Å². The van der Waals surface area contributed by atoms with Gasteiger partial charge in [-0.15, -0.1) is 26.3 Å². The van der Waals surface area contributed by atoms with E-state index in [9.17, 15) is 0 Å². The number of hydrogen-bond donors (Lipinski definition) is 0. The van der Waals surface area contributed by atoms with Crippen molar-refractivity contribution in [1.82, 2.24) is 0 Å². The molecular formula is C15H32. The molecule has 0 saturated carbocycles. The highest BCUT2D eigenvalue weighted by Gasteiger charge is 1.88. The molecular weight excluding hydrogens is 180 g/mol. The summed E-state index contributed by atoms with van der Waals surface area (Å²) < 4.78 is 0. The van der Waals surface area contributed by atoms with E-state index >= 15 is 0 Å². The van der Waals surface area contributed by atoms with Crippen molar-refractivity contribution in [2.45, 2.75) is 71.6 Å². The molecule has 0 aromatic rings. The minimum absolute atomic E-state index is 1.37. The van der Waals surface area contributed by atoms with Crippen LogP contribution < -0.4 is 0 Å². The smallest absolute Gasteiger partial charge is 0.0533 e. The van der Waals surface area contributed by atoms with Crippen LogP contribution in [0.2, 0.25) is 0 Å². The second kappa shape index (κ2) is 29.2. The third kappa shape index (κ3) is 31.8. The largest absolute Gasteiger partial charge is 0.106 e. The standard InChI is InChI=1S/C11H24.2C2H4/c1-3-5-7-9-11-10-8-6-4-2;2*1-2/h3-11H2,1-2H3;2*1-2H2. The van der Waals surface area contributed by atoms with E-state index in [1.807, 2.05) is 0 Å². The van der Waals surface area contributed by atoms with Crippen LogP contribution in [0.15, 0.2) is 26.3 Å². The molecule has 0 N–H and O–H groups in total. The molecule has 0 aliphatic carbocycles. The molecule has 0 aromatic carbocycles. The lowest BCUT2D eigenvalue weighted by atomic mass is 10.1. The Labute approximate surface area is 98.5 Å². The van der Waals surface area contributed by atoms with Gasteiger partial charge in [-0.3, -0.25) is 0 Å². The quantitative estimate of drug-likeness (QED) is 0.335. The van der Waals surface area contributed by atoms with E-state index in [-0.39, 0.29) is 0 Å². The molecule has 0 rings (SSSR count). The average molecular weight is 212 g/mol. The number of unbranched alkanes of at least 4 members (excludes halogenated alkanes) is 8. The molecule has 0 unspecified atom stereocenters. The van der Waals surface area contributed by atoms with E-state index in [0.29, 0.717) is 0 Å². The van der Waals surface area contributed by atoms with E-state index in [1.165, 1.54) is 57.8 Å². The van der Waals surface area contributed by atoms with Gasteiger partial charge in [-0.05, 0) is 0 Å². The molecule has 0 radical (unpaired) electrons. The summed E-state index contributed by atoms with van der Waals surface area (Å²) in [5, 5.41) is 0. The lowest BCUT2D eigenvalue weighted by Crippen LogP contribution is -1.79. The fourth-order valence-electron chi connectivity index (χ4n) is 1.38. The van der Waals surface area contributed by atoms with Gasteiger partial charge in [-0.2, -0.15) is 0 Å². The van der Waals surface area contributed by atoms with Crippen LogP contribution in [0, 0.1) is 0 Å². The van der Waals surface area contributed by atoms with E-state index in [1.54, 1.807) is 0 Å². The molecule has 0 aliphatic rings. The highest BCUT2D eigenvalue weighted by molar-refractivity contribution is 4.44. The van der Waals surface area contributed by atoms with E-state index in [2.05, 4.69) is 40.2 Å². The van der Waals surface area contributed by atoms with Crippen LogP contribution in [0.4, 0.5) is 0 Å². The highest BCUT2D eigenvalue weighted by atomic mass is 13.9. The van der Waals surface area contributed by atoms with Crippen molar-refractivity contribution in [1.29, 1.82) is 0 Å². The summed E-state index contributed by atoms with van der Waals surface area (Å²) >= 11 is 0. The molecule has 0 aliphatic heterocycles. The topological polar surface area (TPSA) is 0 Å². The SMILES string of the molecule is C=C.C=C.CCCCCCCCCCC. The molecule has 92 valence electrons. The van der Waals surface area contributed by atoms with Crippen molar-refractivity contribution in [3.63, 3.8) is 0 Å². The minimum Gasteiger partial charge on any atom is -0.106 e. The van der Waals surface area contributed by atoms with E-state index in [4.69, 9.17) is 0 Å². The Kier molecular flexibility index (Phi) is 38.9. The third-order valence-electron chi connectivity index (χ3n) is 2.21. The molecule has 0 bridgehead atoms. The zero-order valence-corrected chi connectivity index (χ0v) is 11.2. The van der Waals surface area contributed by atoms with Crippen LogP contribution in [0.5, 0.6) is 0 Å². The van der Waals surface area contributed by atoms with Crippen LogP contribution in [0.25, 0.3) is 0 Å². The van der Waals surface area contributed by atoms with Gasteiger partial charge >= 0.3 is 0 Å². The molecule has 0 saturated heterocycles. The second-order valence-electron chi connectivity index (χ2n) is 3.47. The summed E-state index contributed by atoms with van der Waals surface area (Å²) in [4.78, 5) is 0. The molecule has 0 atom stereocenters. The molecule has 0 amide bonds. The van der Waals surface area contributed by atoms with E-state index in [0.717, 1.165) is 0 Å². The zero-order chi connectivity index (χ0) is 12.4. The normalized spacial score (nSPS) is 8.13. The van der Waals surface area contributed by atoms with Gasteiger partial charge in [0.05, 0.1) is 0 Å². The number of hydrogen-bond acceptors (Lipinski definition) is 0. The Balaban J connectivity index is -0.000000318. The molecule has 0 nitrogen and oxygen atoms in total. The highest BCUT2D eigenvalue weighted by Crippen LogP contribution is 2.08. The summed E-state index contributed by atoms with van der Waals surface area (Å²) in [6, 6.07) is 0. The Morgan fingerprint density at radius 1 is 0.467 bits per heavy atom. The molecule has 0 heterocycles. The van der Waals surface area contributed by atoms with E-state index < -0.39 is 0 Å². The Hall–Kier alpha value is -0.520. The fourth-order valence-corrected chi connectivity index (χ4v) is 1.38. The maximum atomic E-state index is 3.00. The van der Waals surface area contributed by atoms with Crippen molar-refractivity contribution < 1.29 is 0 Å². The Morgan fingerprint density at radius 3 is 0.867 bits per heavy atom. The Morgan fingerprint density at radius 2 is 0.667 bits per heavy atom. The monoisotopic (exact) mass is 212 g/mol. The van der Waals surface area contributed by atoms with Crippen molar-refractivity contribution in [2.24, 2.45) is 0 Å². The summed E-state index contributed by atoms with van der Waals surface area (Å²) in [7, 11) is 0. The van der Waals surface area contributed by atoms with Gasteiger partial charge in [-0.1, -0.05) is 71.6 Å². The third-order valence-corrected chi connectivity index (χ3v) is 2.21. The predicted octanol–water partition coefficient (Wildman–Crippen LogP) is 6.14. The maximum Gasteiger partial charge on any atom is -0.0533 e. The fraction of sp³-hybridized carbons (Fsp3) is 0.733. The Bertz CT molecular complexity index is 66.1. The van der Waals surface area contributed by atoms with Crippen molar-refractivity contribution in [3.05, 3.63) is 26.3 Å². The summed E-state index contributed by atoms with van der Waals surface area (Å²) in [6.07, 6.45) is 13.0. The molecule has 0 fully saturated rings. The second-order valence-corrected chi connectivity index (χ2v) is 3.47. The van der Waals surface area contributed by atoms with Gasteiger partial charge in [0.1, 0.15) is 0 Å². The van der Waals surface area contributed by atoms with Crippen molar-refractivity contribution >= 4 is 0 Å². The van der Waals surface area contributed by atoms with Gasteiger partial charge in [0, 0.05) is 0 Å². The summed E-state index contributed by atoms with van der Waals surface area (Å²) in [5.74, 6) is 0. The van der Waals surface area contributed by atoms with Crippen LogP contribution in [0.3, 0.4) is 0 Å². The van der Waals surface area contributed by atoms with Crippen molar-refractivity contribution in [3.8, 4) is 0 Å². The number of rotatable bonds is 8. The van der Waals surface area contributed by atoms with Gasteiger partial charge < -0.3 is 0 Å². The first kappa shape index (κ1) is 20.0. The lowest BCUT2D eigenvalue weighted by molar-refractivity contribution is 0.572. The molecule has 0 aromatic heterocycles. The maximum absolute atomic E-state index is 3.00. The van der Waals surface area contributed by atoms with Crippen LogP contribution in [0.1, 0.15) is 71.6 Å². The first-order valence-corrected chi connectivity index (χ1v) is 6.41. The molecule has 0 heteroatoms. The average Bonchev–Trinajstić information content (AvgIpc) is 2.33. The van der Waals surface area contributed by atoms with Gasteiger partial charge in [0.2, 0.25) is 0 Å². The lowest BCUT2D eigenvalue weighted by Gasteiger charge is -1.98. The summed E-state index contributed by atoms with van der Waals surface area (Å²) in [6.45, 7) is 16.5. The van der Waals surface area contributed by atoms with Crippen molar-refractivity contribution in [2.75, 3.05) is 0 Å². The zero-order valence-electron chi connectivity index (χ0n) is 11.2. The molecule has 0 spiro atoms.